The zero-order valence-corrected chi connectivity index (χ0v) is 12.3. The van der Waals surface area contributed by atoms with Gasteiger partial charge < -0.3 is 9.47 Å². The van der Waals surface area contributed by atoms with Gasteiger partial charge in [0, 0.05) is 17.6 Å². The van der Waals surface area contributed by atoms with Crippen LogP contribution in [0.4, 0.5) is 0 Å². The number of hydrogen-bond acceptors (Lipinski definition) is 4. The van der Waals surface area contributed by atoms with E-state index >= 15 is 0 Å². The Morgan fingerprint density at radius 2 is 1.58 bits per heavy atom. The van der Waals surface area contributed by atoms with E-state index in [0.29, 0.717) is 23.5 Å². The quantitative estimate of drug-likeness (QED) is 0.501. The smallest absolute Gasteiger partial charge is 0.333 e. The average Bonchev–Trinajstić information content (AvgIpc) is 2.27. The van der Waals surface area contributed by atoms with E-state index in [-0.39, 0.29) is 12.7 Å². The molecule has 0 saturated heterocycles. The summed E-state index contributed by atoms with van der Waals surface area (Å²) in [6, 6.07) is 0. The number of carbonyl (C=O) groups is 2. The van der Waals surface area contributed by atoms with Gasteiger partial charge in [0.05, 0.1) is 6.61 Å². The maximum atomic E-state index is 11.5. The van der Waals surface area contributed by atoms with E-state index in [1.807, 2.05) is 13.8 Å². The van der Waals surface area contributed by atoms with Gasteiger partial charge in [-0.05, 0) is 26.2 Å². The van der Waals surface area contributed by atoms with Crippen molar-refractivity contribution in [2.24, 2.45) is 5.92 Å². The van der Waals surface area contributed by atoms with Gasteiger partial charge in [-0.15, -0.1) is 0 Å². The van der Waals surface area contributed by atoms with E-state index < -0.39 is 11.9 Å². The van der Waals surface area contributed by atoms with Gasteiger partial charge in [0.1, 0.15) is 6.10 Å². The largest absolute Gasteiger partial charge is 0.462 e. The summed E-state index contributed by atoms with van der Waals surface area (Å²) in [4.78, 5) is 22.7. The number of esters is 2. The molecule has 0 aromatic heterocycles. The second-order valence-corrected chi connectivity index (χ2v) is 5.14. The summed E-state index contributed by atoms with van der Waals surface area (Å²) >= 11 is 0. The zero-order chi connectivity index (χ0) is 15.0. The van der Waals surface area contributed by atoms with Crippen molar-refractivity contribution in [3.63, 3.8) is 0 Å². The minimum absolute atomic E-state index is 0.215. The molecule has 0 heterocycles. The third-order valence-corrected chi connectivity index (χ3v) is 2.38. The predicted molar refractivity (Wildman–Crippen MR) is 74.5 cm³/mol. The molecule has 19 heavy (non-hydrogen) atoms. The van der Waals surface area contributed by atoms with E-state index in [1.165, 1.54) is 0 Å². The van der Waals surface area contributed by atoms with E-state index in [4.69, 9.17) is 9.47 Å². The summed E-state index contributed by atoms with van der Waals surface area (Å²) in [5.74, 6) is -0.439. The highest BCUT2D eigenvalue weighted by Crippen LogP contribution is 2.14. The van der Waals surface area contributed by atoms with E-state index in [1.54, 1.807) is 13.8 Å². The van der Waals surface area contributed by atoms with Crippen LogP contribution in [0.3, 0.4) is 0 Å². The van der Waals surface area contributed by atoms with Crippen molar-refractivity contribution >= 4 is 11.9 Å². The van der Waals surface area contributed by atoms with Gasteiger partial charge in [-0.1, -0.05) is 27.0 Å². The summed E-state index contributed by atoms with van der Waals surface area (Å²) in [5, 5.41) is 0. The van der Waals surface area contributed by atoms with Crippen molar-refractivity contribution < 1.29 is 19.1 Å². The summed E-state index contributed by atoms with van der Waals surface area (Å²) in [6.07, 6.45) is 0.946. The Balaban J connectivity index is 4.28. The second-order valence-electron chi connectivity index (χ2n) is 5.14. The van der Waals surface area contributed by atoms with E-state index in [2.05, 4.69) is 13.2 Å². The fraction of sp³-hybridized carbons (Fsp3) is 0.600. The van der Waals surface area contributed by atoms with E-state index in [0.717, 1.165) is 6.42 Å². The number of ether oxygens (including phenoxy) is 2. The Bertz CT molecular complexity index is 355. The molecule has 0 aliphatic rings. The highest BCUT2D eigenvalue weighted by atomic mass is 16.6. The molecule has 0 spiro atoms. The first kappa shape index (κ1) is 17.4. The first-order chi connectivity index (χ1) is 8.73. The molecule has 4 heteroatoms. The van der Waals surface area contributed by atoms with Crippen LogP contribution in [0.1, 0.15) is 40.5 Å². The molecular weight excluding hydrogens is 244 g/mol. The van der Waals surface area contributed by atoms with Crippen LogP contribution < -0.4 is 0 Å². The van der Waals surface area contributed by atoms with Gasteiger partial charge in [0.15, 0.2) is 0 Å². The molecule has 0 fully saturated rings. The van der Waals surface area contributed by atoms with Gasteiger partial charge in [0.2, 0.25) is 0 Å². The van der Waals surface area contributed by atoms with Crippen molar-refractivity contribution in [1.82, 2.24) is 0 Å². The standard InChI is InChI=1S/C15H24O4/c1-10(2)9-13(19-15(17)12(5)6)7-8-18-14(16)11(3)4/h10,13H,3,5,7-9H2,1-2,4,6H3. The van der Waals surface area contributed by atoms with Gasteiger partial charge in [-0.2, -0.15) is 0 Å². The fourth-order valence-corrected chi connectivity index (χ4v) is 1.41. The number of hydrogen-bond donors (Lipinski definition) is 0. The third-order valence-electron chi connectivity index (χ3n) is 2.38. The van der Waals surface area contributed by atoms with Crippen molar-refractivity contribution in [2.45, 2.75) is 46.6 Å². The van der Waals surface area contributed by atoms with Crippen LogP contribution in [-0.2, 0) is 19.1 Å². The van der Waals surface area contributed by atoms with Crippen LogP contribution >= 0.6 is 0 Å². The summed E-state index contributed by atoms with van der Waals surface area (Å²) in [5.41, 5.74) is 0.729. The van der Waals surface area contributed by atoms with Crippen LogP contribution in [0.5, 0.6) is 0 Å². The minimum Gasteiger partial charge on any atom is -0.462 e. The molecule has 0 N–H and O–H groups in total. The Hall–Kier alpha value is -1.58. The Labute approximate surface area is 115 Å². The Morgan fingerprint density at radius 3 is 2.00 bits per heavy atom. The molecule has 0 aliphatic carbocycles. The van der Waals surface area contributed by atoms with E-state index in [9.17, 15) is 9.59 Å². The molecule has 1 atom stereocenters. The molecule has 1 unspecified atom stereocenters. The SMILES string of the molecule is C=C(C)C(=O)OCCC(CC(C)C)OC(=O)C(=C)C. The molecule has 0 aromatic rings. The summed E-state index contributed by atoms with van der Waals surface area (Å²) in [6.45, 7) is 14.5. The monoisotopic (exact) mass is 268 g/mol. The van der Waals surface area contributed by atoms with Gasteiger partial charge in [-0.3, -0.25) is 0 Å². The lowest BCUT2D eigenvalue weighted by Crippen LogP contribution is -2.23. The first-order valence-electron chi connectivity index (χ1n) is 6.43. The predicted octanol–water partition coefficient (Wildman–Crippen LogP) is 3.03. The van der Waals surface area contributed by atoms with Gasteiger partial charge >= 0.3 is 11.9 Å². The average molecular weight is 268 g/mol. The lowest BCUT2D eigenvalue weighted by molar-refractivity contribution is -0.147. The molecule has 0 bridgehead atoms. The molecular formula is C15H24O4. The topological polar surface area (TPSA) is 52.6 Å². The van der Waals surface area contributed by atoms with Crippen molar-refractivity contribution in [1.29, 1.82) is 0 Å². The lowest BCUT2D eigenvalue weighted by Gasteiger charge is -2.19. The van der Waals surface area contributed by atoms with Crippen molar-refractivity contribution in [2.75, 3.05) is 6.61 Å². The highest BCUT2D eigenvalue weighted by Gasteiger charge is 2.17. The maximum absolute atomic E-state index is 11.5. The summed E-state index contributed by atoms with van der Waals surface area (Å²) in [7, 11) is 0. The molecule has 108 valence electrons. The molecule has 4 nitrogen and oxygen atoms in total. The molecule has 0 amide bonds. The Kier molecular flexibility index (Phi) is 7.80. The molecule has 0 radical (unpaired) electrons. The first-order valence-corrected chi connectivity index (χ1v) is 6.43. The maximum Gasteiger partial charge on any atom is 0.333 e. The minimum atomic E-state index is -0.422. The van der Waals surface area contributed by atoms with Crippen LogP contribution in [0.15, 0.2) is 24.3 Å². The fourth-order valence-electron chi connectivity index (χ4n) is 1.41. The molecule has 0 aromatic carbocycles. The van der Waals surface area contributed by atoms with Crippen LogP contribution in [-0.4, -0.2) is 24.6 Å². The normalized spacial score (nSPS) is 11.8. The lowest BCUT2D eigenvalue weighted by atomic mass is 10.0. The zero-order valence-electron chi connectivity index (χ0n) is 12.3. The highest BCUT2D eigenvalue weighted by molar-refractivity contribution is 5.87. The summed E-state index contributed by atoms with van der Waals surface area (Å²) < 4.78 is 10.3. The molecule has 0 rings (SSSR count). The van der Waals surface area contributed by atoms with Gasteiger partial charge in [-0.25, -0.2) is 9.59 Å². The molecule has 0 aliphatic heterocycles. The number of rotatable bonds is 8. The number of carbonyl (C=O) groups excluding carboxylic acids is 2. The van der Waals surface area contributed by atoms with Crippen LogP contribution in [0.2, 0.25) is 0 Å². The van der Waals surface area contributed by atoms with Gasteiger partial charge in [0.25, 0.3) is 0 Å². The molecule has 0 saturated carbocycles. The third kappa shape index (κ3) is 8.19. The second kappa shape index (κ2) is 8.51. The van der Waals surface area contributed by atoms with Crippen molar-refractivity contribution in [3.8, 4) is 0 Å². The van der Waals surface area contributed by atoms with Crippen LogP contribution in [0, 0.1) is 5.92 Å². The van der Waals surface area contributed by atoms with Crippen LogP contribution in [0.25, 0.3) is 0 Å². The van der Waals surface area contributed by atoms with Crippen molar-refractivity contribution in [3.05, 3.63) is 24.3 Å². The Morgan fingerprint density at radius 1 is 1.05 bits per heavy atom.